The molecular formula is C27H26N6O3S. The van der Waals surface area contributed by atoms with Crippen molar-refractivity contribution in [2.24, 2.45) is 23.0 Å². The number of piperidine rings is 1. The zero-order valence-electron chi connectivity index (χ0n) is 20.8. The molecule has 3 aromatic rings. The summed E-state index contributed by atoms with van der Waals surface area (Å²) in [6, 6.07) is 7.40. The first kappa shape index (κ1) is 23.7. The molecule has 5 heterocycles. The number of likely N-dealkylation sites (tertiary alicyclic amines) is 2. The van der Waals surface area contributed by atoms with Gasteiger partial charge < -0.3 is 10.6 Å². The second-order valence-corrected chi connectivity index (χ2v) is 11.9. The Kier molecular flexibility index (Phi) is 5.23. The van der Waals surface area contributed by atoms with E-state index in [0.29, 0.717) is 35.4 Å². The number of pyridine rings is 2. The number of amides is 3. The summed E-state index contributed by atoms with van der Waals surface area (Å²) >= 11 is 1.44. The molecule has 2 aliphatic heterocycles. The number of carbonyl (C=O) groups is 3. The molecule has 3 atom stereocenters. The van der Waals surface area contributed by atoms with Crippen LogP contribution in [0.4, 0.5) is 0 Å². The van der Waals surface area contributed by atoms with Gasteiger partial charge in [-0.1, -0.05) is 13.8 Å². The number of hydrogen-bond donors (Lipinski definition) is 1. The minimum Gasteiger partial charge on any atom is -0.337 e. The van der Waals surface area contributed by atoms with Gasteiger partial charge in [0.15, 0.2) is 0 Å². The molecule has 1 saturated carbocycles. The van der Waals surface area contributed by atoms with E-state index in [9.17, 15) is 19.6 Å². The minimum atomic E-state index is -0.251. The van der Waals surface area contributed by atoms with Crippen LogP contribution in [0.5, 0.6) is 0 Å². The molecule has 188 valence electrons. The van der Waals surface area contributed by atoms with Gasteiger partial charge in [-0.25, -0.2) is 4.98 Å². The van der Waals surface area contributed by atoms with Crippen LogP contribution in [0.2, 0.25) is 0 Å². The Balaban J connectivity index is 1.40. The molecule has 1 aliphatic carbocycles. The van der Waals surface area contributed by atoms with Crippen LogP contribution in [0.25, 0.3) is 21.3 Å². The lowest BCUT2D eigenvalue weighted by Crippen LogP contribution is -2.35. The van der Waals surface area contributed by atoms with Gasteiger partial charge in [0.05, 0.1) is 39.9 Å². The van der Waals surface area contributed by atoms with Crippen molar-refractivity contribution < 1.29 is 14.4 Å². The molecule has 0 aromatic carbocycles. The molecule has 3 aliphatic rings. The van der Waals surface area contributed by atoms with E-state index < -0.39 is 0 Å². The van der Waals surface area contributed by atoms with E-state index in [1.165, 1.54) is 16.2 Å². The number of rotatable bonds is 4. The maximum atomic E-state index is 13.6. The molecule has 3 unspecified atom stereocenters. The summed E-state index contributed by atoms with van der Waals surface area (Å²) in [5.41, 5.74) is 9.04. The number of aryl methyl sites for hydroxylation is 1. The van der Waals surface area contributed by atoms with E-state index in [1.54, 1.807) is 24.1 Å². The topological polar surface area (TPSA) is 133 Å². The first-order valence-corrected chi connectivity index (χ1v) is 13.1. The van der Waals surface area contributed by atoms with Gasteiger partial charge in [-0.05, 0) is 37.0 Å². The Morgan fingerprint density at radius 3 is 2.62 bits per heavy atom. The molecule has 3 aromatic heterocycles. The molecule has 0 spiro atoms. The summed E-state index contributed by atoms with van der Waals surface area (Å²) in [5.74, 6) is -0.815. The maximum absolute atomic E-state index is 13.6. The molecular weight excluding hydrogens is 488 g/mol. The van der Waals surface area contributed by atoms with Crippen molar-refractivity contribution in [2.75, 3.05) is 13.1 Å². The molecule has 6 rings (SSSR count). The molecule has 2 saturated heterocycles. The van der Waals surface area contributed by atoms with Crippen LogP contribution >= 0.6 is 11.3 Å². The monoisotopic (exact) mass is 514 g/mol. The van der Waals surface area contributed by atoms with Crippen LogP contribution in [0.3, 0.4) is 0 Å². The van der Waals surface area contributed by atoms with Crippen LogP contribution in [-0.4, -0.2) is 56.6 Å². The summed E-state index contributed by atoms with van der Waals surface area (Å²) in [6.07, 6.45) is 2.41. The third-order valence-corrected chi connectivity index (χ3v) is 9.14. The van der Waals surface area contributed by atoms with Gasteiger partial charge in [-0.3, -0.25) is 24.3 Å². The summed E-state index contributed by atoms with van der Waals surface area (Å²) in [5, 5.41) is 9.59. The lowest BCUT2D eigenvalue weighted by atomic mass is 9.97. The number of carbonyl (C=O) groups excluding carboxylic acids is 3. The Hall–Kier alpha value is -3.68. The molecule has 3 amide bonds. The van der Waals surface area contributed by atoms with E-state index >= 15 is 0 Å². The molecule has 3 fully saturated rings. The fourth-order valence-corrected chi connectivity index (χ4v) is 7.07. The second-order valence-electron chi connectivity index (χ2n) is 10.8. The van der Waals surface area contributed by atoms with Crippen LogP contribution in [0, 0.1) is 35.5 Å². The van der Waals surface area contributed by atoms with Crippen molar-refractivity contribution in [3.8, 4) is 17.2 Å². The van der Waals surface area contributed by atoms with E-state index in [2.05, 4.69) is 16.0 Å². The van der Waals surface area contributed by atoms with Gasteiger partial charge in [0.2, 0.25) is 11.8 Å². The van der Waals surface area contributed by atoms with E-state index in [1.807, 2.05) is 26.0 Å². The molecule has 2 N–H and O–H groups in total. The largest absolute Gasteiger partial charge is 0.337 e. The second kappa shape index (κ2) is 8.16. The summed E-state index contributed by atoms with van der Waals surface area (Å²) in [7, 11) is 0. The third-order valence-electron chi connectivity index (χ3n) is 8.00. The fourth-order valence-electron chi connectivity index (χ4n) is 5.94. The van der Waals surface area contributed by atoms with Crippen LogP contribution in [-0.2, 0) is 16.1 Å². The molecule has 10 heteroatoms. The average Bonchev–Trinajstić information content (AvgIpc) is 3.24. The summed E-state index contributed by atoms with van der Waals surface area (Å²) in [6.45, 7) is 6.92. The Morgan fingerprint density at radius 1 is 1.24 bits per heavy atom. The molecule has 0 radical (unpaired) electrons. The lowest BCUT2D eigenvalue weighted by molar-refractivity contribution is -0.143. The van der Waals surface area contributed by atoms with Gasteiger partial charge in [-0.2, -0.15) is 5.26 Å². The van der Waals surface area contributed by atoms with E-state index in [0.717, 1.165) is 21.6 Å². The molecule has 9 nitrogen and oxygen atoms in total. The Bertz CT molecular complexity index is 1530. The predicted molar refractivity (Wildman–Crippen MR) is 137 cm³/mol. The third kappa shape index (κ3) is 3.56. The van der Waals surface area contributed by atoms with Gasteiger partial charge in [0.25, 0.3) is 5.91 Å². The summed E-state index contributed by atoms with van der Waals surface area (Å²) < 4.78 is 0.823. The van der Waals surface area contributed by atoms with Gasteiger partial charge in [0.1, 0.15) is 11.8 Å². The van der Waals surface area contributed by atoms with E-state index in [4.69, 9.17) is 5.73 Å². The number of hydrogen-bond acceptors (Lipinski definition) is 8. The smallest absolute Gasteiger partial charge is 0.256 e. The SMILES string of the molecule is Cc1nc(C#N)cc(-c2ccnc3cc(CN4C(=O)C5C(C4=O)C5(C)C)sc23)c1C(=O)N1CCC(N)C1. The van der Waals surface area contributed by atoms with Crippen LogP contribution in [0.1, 0.15) is 46.9 Å². The number of nitrogens with two attached hydrogens (primary N) is 1. The quantitative estimate of drug-likeness (QED) is 0.529. The first-order valence-electron chi connectivity index (χ1n) is 12.3. The Labute approximate surface area is 217 Å². The highest BCUT2D eigenvalue weighted by atomic mass is 32.1. The van der Waals surface area contributed by atoms with Gasteiger partial charge >= 0.3 is 0 Å². The number of thiophene rings is 1. The van der Waals surface area contributed by atoms with Gasteiger partial charge in [0, 0.05) is 41.3 Å². The molecule has 37 heavy (non-hydrogen) atoms. The minimum absolute atomic E-state index is 0.0563. The van der Waals surface area contributed by atoms with Crippen molar-refractivity contribution in [3.05, 3.63) is 46.2 Å². The Morgan fingerprint density at radius 2 is 1.97 bits per heavy atom. The normalized spacial score (nSPS) is 24.0. The van der Waals surface area contributed by atoms with Gasteiger partial charge in [-0.15, -0.1) is 11.3 Å². The van der Waals surface area contributed by atoms with Crippen molar-refractivity contribution in [1.29, 1.82) is 5.26 Å². The predicted octanol–water partition coefficient (Wildman–Crippen LogP) is 2.85. The highest BCUT2D eigenvalue weighted by Gasteiger charge is 2.72. The lowest BCUT2D eigenvalue weighted by Gasteiger charge is -2.20. The average molecular weight is 515 g/mol. The maximum Gasteiger partial charge on any atom is 0.256 e. The van der Waals surface area contributed by atoms with E-state index in [-0.39, 0.29) is 53.3 Å². The van der Waals surface area contributed by atoms with Crippen molar-refractivity contribution >= 4 is 39.3 Å². The first-order chi connectivity index (χ1) is 17.6. The van der Waals surface area contributed by atoms with Crippen molar-refractivity contribution in [2.45, 2.75) is 39.8 Å². The number of nitriles is 1. The van der Waals surface area contributed by atoms with Crippen LogP contribution < -0.4 is 5.73 Å². The number of imide groups is 1. The number of aromatic nitrogens is 2. The standard InChI is InChI=1S/C27H26N6O3S/c1-13-20(24(34)32-7-5-14(29)11-32)18(8-15(10-28)31-13)17-4-6-30-19-9-16(37-23(17)19)12-33-25(35)21-22(26(33)36)27(21,2)3/h4,6,8-9,14,21-22H,5,7,11-12,29H2,1-3H3. The summed E-state index contributed by atoms with van der Waals surface area (Å²) in [4.78, 5) is 52.1. The highest BCUT2D eigenvalue weighted by molar-refractivity contribution is 7.19. The number of nitrogens with zero attached hydrogens (tertiary/aromatic N) is 5. The zero-order valence-corrected chi connectivity index (χ0v) is 21.6. The zero-order chi connectivity index (χ0) is 26.2. The van der Waals surface area contributed by atoms with Crippen molar-refractivity contribution in [1.82, 2.24) is 19.8 Å². The fraction of sp³-hybridized carbons (Fsp3) is 0.407. The van der Waals surface area contributed by atoms with Crippen molar-refractivity contribution in [3.63, 3.8) is 0 Å². The number of fused-ring (bicyclic) bond motifs is 2. The molecule has 0 bridgehead atoms. The highest BCUT2D eigenvalue weighted by Crippen LogP contribution is 2.63. The van der Waals surface area contributed by atoms with Crippen LogP contribution in [0.15, 0.2) is 24.4 Å².